The molecular formula is C6H9MnN3O2. The Morgan fingerprint density at radius 2 is 1.75 bits per heavy atom. The van der Waals surface area contributed by atoms with Gasteiger partial charge in [0.15, 0.2) is 0 Å². The molecule has 0 saturated carbocycles. The van der Waals surface area contributed by atoms with Gasteiger partial charge in [-0.3, -0.25) is 0 Å². The molecule has 0 fully saturated rings. The Morgan fingerprint density at radius 1 is 1.25 bits per heavy atom. The molecular weight excluding hydrogens is 201 g/mol. The number of hydrogen-bond acceptors (Lipinski definition) is 3. The fraction of sp³-hybridized carbons (Fsp3) is 0. The first-order valence-corrected chi connectivity index (χ1v) is 2.72. The van der Waals surface area contributed by atoms with Crippen LogP contribution in [0.25, 0.3) is 0 Å². The first-order chi connectivity index (χ1) is 4.84. The molecule has 1 rings (SSSR count). The average Bonchev–Trinajstić information content (AvgIpc) is 2.05. The summed E-state index contributed by atoms with van der Waals surface area (Å²) in [5, 5.41) is 21.0. The third-order valence-corrected chi connectivity index (χ3v) is 1.06. The summed E-state index contributed by atoms with van der Waals surface area (Å²) in [4.78, 5) is 0.139. The van der Waals surface area contributed by atoms with E-state index in [0.717, 1.165) is 0 Å². The van der Waals surface area contributed by atoms with Crippen molar-refractivity contribution < 1.29 is 27.1 Å². The zero-order valence-corrected chi connectivity index (χ0v) is 7.40. The van der Waals surface area contributed by atoms with E-state index in [0.29, 0.717) is 5.69 Å². The maximum Gasteiger partial charge on any atom is 0.248 e. The second-order valence-corrected chi connectivity index (χ2v) is 1.70. The van der Waals surface area contributed by atoms with E-state index in [1.807, 2.05) is 0 Å². The van der Waals surface area contributed by atoms with Crippen LogP contribution in [0.3, 0.4) is 0 Å². The number of para-hydroxylation sites is 1. The van der Waals surface area contributed by atoms with Gasteiger partial charge in [-0.1, -0.05) is 18.2 Å². The van der Waals surface area contributed by atoms with Gasteiger partial charge in [0.1, 0.15) is 0 Å². The van der Waals surface area contributed by atoms with Gasteiger partial charge < -0.3 is 16.6 Å². The van der Waals surface area contributed by atoms with Gasteiger partial charge in [0.25, 0.3) is 0 Å². The zero-order valence-electron chi connectivity index (χ0n) is 6.22. The van der Waals surface area contributed by atoms with Crippen LogP contribution in [0.15, 0.2) is 35.6 Å². The molecule has 1 aromatic carbocycles. The summed E-state index contributed by atoms with van der Waals surface area (Å²) >= 11 is 0. The summed E-state index contributed by atoms with van der Waals surface area (Å²) in [5.74, 6) is 0. The number of hydrogen-bond donors (Lipinski definition) is 2. The van der Waals surface area contributed by atoms with Crippen LogP contribution in [0.1, 0.15) is 0 Å². The molecule has 0 amide bonds. The van der Waals surface area contributed by atoms with Crippen molar-refractivity contribution in [2.24, 2.45) is 5.28 Å². The van der Waals surface area contributed by atoms with E-state index in [4.69, 9.17) is 5.21 Å². The van der Waals surface area contributed by atoms with E-state index in [1.54, 1.807) is 30.3 Å². The Kier molecular flexibility index (Phi) is 7.42. The van der Waals surface area contributed by atoms with Crippen LogP contribution < -0.4 is 6.15 Å². The molecule has 0 atom stereocenters. The third-order valence-electron chi connectivity index (χ3n) is 1.06. The molecule has 0 aliphatic carbocycles. The maximum atomic E-state index is 10.5. The van der Waals surface area contributed by atoms with E-state index in [9.17, 15) is 5.21 Å². The monoisotopic (exact) mass is 210 g/mol. The summed E-state index contributed by atoms with van der Waals surface area (Å²) in [6, 6.07) is 8.24. The Balaban J connectivity index is 0. The van der Waals surface area contributed by atoms with Gasteiger partial charge >= 0.3 is 0 Å². The van der Waals surface area contributed by atoms with Crippen molar-refractivity contribution in [2.75, 3.05) is 0 Å². The molecule has 0 heterocycles. The molecule has 0 aromatic heterocycles. The van der Waals surface area contributed by atoms with Crippen LogP contribution in [-0.4, -0.2) is 10.1 Å². The summed E-state index contributed by atoms with van der Waals surface area (Å²) < 4.78 is 0. The molecule has 0 unspecified atom stereocenters. The molecule has 0 aliphatic heterocycles. The minimum Gasteiger partial charge on any atom is -0.592 e. The van der Waals surface area contributed by atoms with Crippen LogP contribution in [0.2, 0.25) is 0 Å². The fourth-order valence-corrected chi connectivity index (χ4v) is 0.607. The van der Waals surface area contributed by atoms with Gasteiger partial charge in [-0.15, -0.1) is 0 Å². The van der Waals surface area contributed by atoms with E-state index in [1.165, 1.54) is 0 Å². The van der Waals surface area contributed by atoms with Gasteiger partial charge in [-0.05, 0) is 4.86 Å². The largest absolute Gasteiger partial charge is 0.592 e. The first kappa shape index (κ1) is 13.5. The Bertz CT molecular complexity index is 240. The SMILES string of the molecule is N.[Mn].[O-][N+](=NO)c1ccccc1. The predicted molar refractivity (Wildman–Crippen MR) is 39.0 cm³/mol. The summed E-state index contributed by atoms with van der Waals surface area (Å²) in [7, 11) is 0. The molecule has 5 nitrogen and oxygen atoms in total. The zero-order chi connectivity index (χ0) is 7.40. The maximum absolute atomic E-state index is 10.5. The summed E-state index contributed by atoms with van der Waals surface area (Å²) in [5.41, 5.74) is 0.310. The molecule has 1 radical (unpaired) electrons. The quantitative estimate of drug-likeness (QED) is 0.320. The van der Waals surface area contributed by atoms with E-state index in [-0.39, 0.29) is 28.1 Å². The molecule has 12 heavy (non-hydrogen) atoms. The first-order valence-electron chi connectivity index (χ1n) is 2.72. The average molecular weight is 210 g/mol. The van der Waals surface area contributed by atoms with Crippen molar-refractivity contribution in [1.82, 2.24) is 6.15 Å². The van der Waals surface area contributed by atoms with Crippen molar-refractivity contribution in [3.63, 3.8) is 0 Å². The number of nitrogens with zero attached hydrogens (tertiary/aromatic N) is 2. The number of rotatable bonds is 1. The normalized spacial score (nSPS) is 9.50. The van der Waals surface area contributed by atoms with Gasteiger partial charge in [-0.2, -0.15) is 0 Å². The molecule has 0 saturated heterocycles. The molecule has 1 aromatic rings. The number of benzene rings is 1. The second-order valence-electron chi connectivity index (χ2n) is 1.70. The van der Waals surface area contributed by atoms with Crippen LogP contribution in [0, 0.1) is 5.21 Å². The van der Waals surface area contributed by atoms with E-state index in [2.05, 4.69) is 5.28 Å². The smallest absolute Gasteiger partial charge is 0.248 e. The molecule has 0 bridgehead atoms. The van der Waals surface area contributed by atoms with Crippen molar-refractivity contribution in [3.8, 4) is 0 Å². The predicted octanol–water partition coefficient (Wildman–Crippen LogP) is 1.83. The Labute approximate surface area is 80.3 Å². The Hall–Kier alpha value is -1.10. The molecule has 67 valence electrons. The third kappa shape index (κ3) is 3.34. The van der Waals surface area contributed by atoms with Crippen LogP contribution >= 0.6 is 0 Å². The standard InChI is InChI=1S/C6H6N2O2.Mn.H3N/c9-7-8(10)6-4-2-1-3-5-6;;/h1-5,9H;;1H3. The molecule has 6 heteroatoms. The summed E-state index contributed by atoms with van der Waals surface area (Å²) in [6.07, 6.45) is 0. The van der Waals surface area contributed by atoms with Crippen molar-refractivity contribution >= 4 is 5.69 Å². The molecule has 4 N–H and O–H groups in total. The van der Waals surface area contributed by atoms with Crippen LogP contribution in [0.4, 0.5) is 5.69 Å². The van der Waals surface area contributed by atoms with Crippen molar-refractivity contribution in [2.45, 2.75) is 0 Å². The van der Waals surface area contributed by atoms with E-state index < -0.39 is 0 Å². The van der Waals surface area contributed by atoms with Crippen molar-refractivity contribution in [3.05, 3.63) is 35.5 Å². The minimum absolute atomic E-state index is 0. The topological polar surface area (TPSA) is 93.7 Å². The summed E-state index contributed by atoms with van der Waals surface area (Å²) in [6.45, 7) is 0. The minimum atomic E-state index is 0. The fourth-order valence-electron chi connectivity index (χ4n) is 0.607. The van der Waals surface area contributed by atoms with Crippen LogP contribution in [0.5, 0.6) is 0 Å². The van der Waals surface area contributed by atoms with Gasteiger partial charge in [0.05, 0.1) is 0 Å². The van der Waals surface area contributed by atoms with Gasteiger partial charge in [0, 0.05) is 29.2 Å². The van der Waals surface area contributed by atoms with Gasteiger partial charge in [0.2, 0.25) is 11.0 Å². The van der Waals surface area contributed by atoms with E-state index >= 15 is 0 Å². The Morgan fingerprint density at radius 3 is 2.17 bits per heavy atom. The van der Waals surface area contributed by atoms with Crippen LogP contribution in [-0.2, 0) is 17.1 Å². The second kappa shape index (κ2) is 6.60. The van der Waals surface area contributed by atoms with Gasteiger partial charge in [-0.25, -0.2) is 0 Å². The molecule has 0 spiro atoms. The molecule has 0 aliphatic rings. The van der Waals surface area contributed by atoms with Crippen molar-refractivity contribution in [1.29, 1.82) is 0 Å².